The lowest BCUT2D eigenvalue weighted by Crippen LogP contribution is -2.49. The number of hydrogen-bond acceptors (Lipinski definition) is 2. The third-order valence-electron chi connectivity index (χ3n) is 3.89. The predicted molar refractivity (Wildman–Crippen MR) is 78.5 cm³/mol. The van der Waals surface area contributed by atoms with E-state index >= 15 is 0 Å². The molecule has 3 nitrogen and oxygen atoms in total. The van der Waals surface area contributed by atoms with Gasteiger partial charge in [-0.1, -0.05) is 24.9 Å². The topological polar surface area (TPSA) is 46.3 Å². The van der Waals surface area contributed by atoms with Crippen molar-refractivity contribution >= 4 is 17.5 Å². The SMILES string of the molecule is CCC1CN(C(=O)c2cc(C)cc(Cl)c2)CCC1N. The van der Waals surface area contributed by atoms with Gasteiger partial charge in [0.25, 0.3) is 5.91 Å². The number of likely N-dealkylation sites (tertiary alicyclic amines) is 1. The van der Waals surface area contributed by atoms with Crippen molar-refractivity contribution in [1.82, 2.24) is 4.90 Å². The van der Waals surface area contributed by atoms with E-state index in [1.807, 2.05) is 24.0 Å². The zero-order valence-corrected chi connectivity index (χ0v) is 12.3. The summed E-state index contributed by atoms with van der Waals surface area (Å²) < 4.78 is 0. The second-order valence-electron chi connectivity index (χ2n) is 5.39. The fraction of sp³-hybridized carbons (Fsp3) is 0.533. The second-order valence-corrected chi connectivity index (χ2v) is 5.83. The molecule has 0 saturated carbocycles. The average Bonchev–Trinajstić information content (AvgIpc) is 2.37. The minimum Gasteiger partial charge on any atom is -0.338 e. The number of amides is 1. The molecule has 4 heteroatoms. The van der Waals surface area contributed by atoms with E-state index < -0.39 is 0 Å². The van der Waals surface area contributed by atoms with Gasteiger partial charge in [0.05, 0.1) is 0 Å². The first-order chi connectivity index (χ1) is 9.01. The summed E-state index contributed by atoms with van der Waals surface area (Å²) in [6.07, 6.45) is 1.89. The van der Waals surface area contributed by atoms with Crippen molar-refractivity contribution in [1.29, 1.82) is 0 Å². The fourth-order valence-electron chi connectivity index (χ4n) is 2.71. The van der Waals surface area contributed by atoms with Crippen molar-refractivity contribution in [3.05, 3.63) is 34.3 Å². The third kappa shape index (κ3) is 3.28. The summed E-state index contributed by atoms with van der Waals surface area (Å²) in [6, 6.07) is 5.71. The number of benzene rings is 1. The lowest BCUT2D eigenvalue weighted by Gasteiger charge is -2.36. The van der Waals surface area contributed by atoms with Crippen LogP contribution >= 0.6 is 11.6 Å². The van der Waals surface area contributed by atoms with Crippen molar-refractivity contribution in [3.63, 3.8) is 0 Å². The maximum atomic E-state index is 12.5. The van der Waals surface area contributed by atoms with E-state index in [2.05, 4.69) is 6.92 Å². The third-order valence-corrected chi connectivity index (χ3v) is 4.11. The molecule has 1 amide bonds. The molecule has 1 aromatic carbocycles. The molecule has 2 rings (SSSR count). The summed E-state index contributed by atoms with van der Waals surface area (Å²) in [6.45, 7) is 5.57. The van der Waals surface area contributed by atoms with Gasteiger partial charge in [-0.15, -0.1) is 0 Å². The molecule has 1 aromatic rings. The summed E-state index contributed by atoms with van der Waals surface area (Å²) in [5.74, 6) is 0.467. The molecule has 19 heavy (non-hydrogen) atoms. The van der Waals surface area contributed by atoms with Gasteiger partial charge in [-0.2, -0.15) is 0 Å². The number of carbonyl (C=O) groups is 1. The Balaban J connectivity index is 2.15. The molecule has 2 atom stereocenters. The van der Waals surface area contributed by atoms with Crippen LogP contribution in [0.3, 0.4) is 0 Å². The monoisotopic (exact) mass is 280 g/mol. The molecule has 0 spiro atoms. The summed E-state index contributed by atoms with van der Waals surface area (Å²) >= 11 is 6.02. The Morgan fingerprint density at radius 3 is 2.84 bits per heavy atom. The molecule has 1 heterocycles. The number of piperidine rings is 1. The van der Waals surface area contributed by atoms with E-state index in [1.165, 1.54) is 0 Å². The van der Waals surface area contributed by atoms with Crippen molar-refractivity contribution in [2.75, 3.05) is 13.1 Å². The number of aryl methyl sites for hydroxylation is 1. The van der Waals surface area contributed by atoms with Crippen molar-refractivity contribution < 1.29 is 4.79 Å². The van der Waals surface area contributed by atoms with Crippen LogP contribution in [0, 0.1) is 12.8 Å². The molecule has 1 aliphatic heterocycles. The second kappa shape index (κ2) is 5.93. The largest absolute Gasteiger partial charge is 0.338 e. The van der Waals surface area contributed by atoms with Crippen molar-refractivity contribution in [2.45, 2.75) is 32.7 Å². The number of hydrogen-bond donors (Lipinski definition) is 1. The Morgan fingerprint density at radius 2 is 2.21 bits per heavy atom. The molecule has 2 N–H and O–H groups in total. The normalized spacial score (nSPS) is 23.5. The van der Waals surface area contributed by atoms with Crippen LogP contribution in [0.5, 0.6) is 0 Å². The van der Waals surface area contributed by atoms with E-state index in [0.717, 1.165) is 31.5 Å². The average molecular weight is 281 g/mol. The van der Waals surface area contributed by atoms with Crippen molar-refractivity contribution in [3.8, 4) is 0 Å². The first kappa shape index (κ1) is 14.4. The number of halogens is 1. The number of rotatable bonds is 2. The van der Waals surface area contributed by atoms with Gasteiger partial charge in [0.1, 0.15) is 0 Å². The Labute approximate surface area is 119 Å². The van der Waals surface area contributed by atoms with Gasteiger partial charge < -0.3 is 10.6 Å². The van der Waals surface area contributed by atoms with Gasteiger partial charge in [0.15, 0.2) is 0 Å². The Hall–Kier alpha value is -1.06. The van der Waals surface area contributed by atoms with Crippen LogP contribution in [0.15, 0.2) is 18.2 Å². The molecule has 0 aromatic heterocycles. The quantitative estimate of drug-likeness (QED) is 0.905. The first-order valence-electron chi connectivity index (χ1n) is 6.83. The number of nitrogens with two attached hydrogens (primary N) is 1. The van der Waals surface area contributed by atoms with Crippen LogP contribution in [-0.4, -0.2) is 29.9 Å². The van der Waals surface area contributed by atoms with E-state index in [0.29, 0.717) is 16.5 Å². The van der Waals surface area contributed by atoms with Crippen LogP contribution in [0.1, 0.15) is 35.7 Å². The first-order valence-corrected chi connectivity index (χ1v) is 7.21. The van der Waals surface area contributed by atoms with Crippen LogP contribution in [0.2, 0.25) is 5.02 Å². The van der Waals surface area contributed by atoms with Crippen molar-refractivity contribution in [2.24, 2.45) is 11.7 Å². The standard InChI is InChI=1S/C15H21ClN2O/c1-3-11-9-18(5-4-14(11)17)15(19)12-6-10(2)7-13(16)8-12/h6-8,11,14H,3-5,9,17H2,1-2H3. The maximum Gasteiger partial charge on any atom is 0.253 e. The van der Waals surface area contributed by atoms with Gasteiger partial charge in [0.2, 0.25) is 0 Å². The highest BCUT2D eigenvalue weighted by Crippen LogP contribution is 2.22. The molecule has 2 unspecified atom stereocenters. The van der Waals surface area contributed by atoms with E-state index in [1.54, 1.807) is 6.07 Å². The molecule has 0 radical (unpaired) electrons. The summed E-state index contributed by atoms with van der Waals surface area (Å²) in [4.78, 5) is 14.4. The number of carbonyl (C=O) groups excluding carboxylic acids is 1. The minimum atomic E-state index is 0.0657. The predicted octanol–water partition coefficient (Wildman–Crippen LogP) is 2.85. The van der Waals surface area contributed by atoms with Crippen LogP contribution < -0.4 is 5.73 Å². The molecule has 1 saturated heterocycles. The van der Waals surface area contributed by atoms with Gasteiger partial charge in [-0.25, -0.2) is 0 Å². The molecule has 0 aliphatic carbocycles. The molecule has 1 fully saturated rings. The molecule has 1 aliphatic rings. The van der Waals surface area contributed by atoms with Gasteiger partial charge in [0, 0.05) is 29.7 Å². The van der Waals surface area contributed by atoms with Gasteiger partial charge >= 0.3 is 0 Å². The van der Waals surface area contributed by atoms with E-state index in [-0.39, 0.29) is 11.9 Å². The minimum absolute atomic E-state index is 0.0657. The highest BCUT2D eigenvalue weighted by atomic mass is 35.5. The maximum absolute atomic E-state index is 12.5. The zero-order chi connectivity index (χ0) is 14.0. The Kier molecular flexibility index (Phi) is 4.48. The van der Waals surface area contributed by atoms with Crippen LogP contribution in [0.25, 0.3) is 0 Å². The smallest absolute Gasteiger partial charge is 0.253 e. The van der Waals surface area contributed by atoms with Gasteiger partial charge in [-0.3, -0.25) is 4.79 Å². The highest BCUT2D eigenvalue weighted by Gasteiger charge is 2.28. The number of nitrogens with zero attached hydrogens (tertiary/aromatic N) is 1. The van der Waals surface area contributed by atoms with Crippen LogP contribution in [0.4, 0.5) is 0 Å². The molecule has 104 valence electrons. The lowest BCUT2D eigenvalue weighted by molar-refractivity contribution is 0.0649. The lowest BCUT2D eigenvalue weighted by atomic mass is 9.90. The summed E-state index contributed by atoms with van der Waals surface area (Å²) in [5, 5.41) is 0.615. The molecular formula is C15H21ClN2O. The summed E-state index contributed by atoms with van der Waals surface area (Å²) in [7, 11) is 0. The van der Waals surface area contributed by atoms with E-state index in [9.17, 15) is 4.79 Å². The van der Waals surface area contributed by atoms with Crippen LogP contribution in [-0.2, 0) is 0 Å². The zero-order valence-electron chi connectivity index (χ0n) is 11.5. The Morgan fingerprint density at radius 1 is 1.47 bits per heavy atom. The summed E-state index contributed by atoms with van der Waals surface area (Å²) in [5.41, 5.74) is 7.77. The van der Waals surface area contributed by atoms with Gasteiger partial charge in [-0.05, 0) is 43.0 Å². The molecular weight excluding hydrogens is 260 g/mol. The molecule has 0 bridgehead atoms. The Bertz CT molecular complexity index is 455. The van der Waals surface area contributed by atoms with E-state index in [4.69, 9.17) is 17.3 Å². The fourth-order valence-corrected chi connectivity index (χ4v) is 3.00. The highest BCUT2D eigenvalue weighted by molar-refractivity contribution is 6.31.